The molecule has 0 spiro atoms. The fourth-order valence-corrected chi connectivity index (χ4v) is 3.68. The molecule has 0 aliphatic carbocycles. The summed E-state index contributed by atoms with van der Waals surface area (Å²) in [5.41, 5.74) is 2.26. The van der Waals surface area contributed by atoms with Gasteiger partial charge in [-0.15, -0.1) is 11.3 Å². The van der Waals surface area contributed by atoms with Gasteiger partial charge >= 0.3 is 0 Å². The minimum atomic E-state index is 0.239. The average molecular weight is 329 g/mol. The number of carbonyl (C=O) groups is 1. The Morgan fingerprint density at radius 3 is 2.74 bits per heavy atom. The van der Waals surface area contributed by atoms with Gasteiger partial charge in [-0.05, 0) is 38.0 Å². The molecule has 0 saturated carbocycles. The number of hydrogen-bond acceptors (Lipinski definition) is 4. The summed E-state index contributed by atoms with van der Waals surface area (Å²) in [7, 11) is 0. The van der Waals surface area contributed by atoms with E-state index in [1.165, 1.54) is 15.4 Å². The summed E-state index contributed by atoms with van der Waals surface area (Å²) >= 11 is 1.76. The lowest BCUT2D eigenvalue weighted by Gasteiger charge is -2.18. The van der Waals surface area contributed by atoms with Crippen molar-refractivity contribution in [2.45, 2.75) is 39.2 Å². The molecule has 2 heterocycles. The van der Waals surface area contributed by atoms with Crippen LogP contribution >= 0.6 is 11.3 Å². The van der Waals surface area contributed by atoms with Gasteiger partial charge in [0.25, 0.3) is 0 Å². The molecule has 122 valence electrons. The lowest BCUT2D eigenvalue weighted by Crippen LogP contribution is -2.24. The van der Waals surface area contributed by atoms with Gasteiger partial charge in [0.1, 0.15) is 0 Å². The summed E-state index contributed by atoms with van der Waals surface area (Å²) in [5, 5.41) is 4.73. The van der Waals surface area contributed by atoms with Gasteiger partial charge < -0.3 is 10.2 Å². The van der Waals surface area contributed by atoms with Crippen molar-refractivity contribution in [3.63, 3.8) is 0 Å². The zero-order chi connectivity index (χ0) is 16.2. The van der Waals surface area contributed by atoms with Gasteiger partial charge in [0.2, 0.25) is 5.91 Å². The molecule has 5 heteroatoms. The van der Waals surface area contributed by atoms with E-state index in [1.807, 2.05) is 11.1 Å². The average Bonchev–Trinajstić information content (AvgIpc) is 3.16. The third kappa shape index (κ3) is 3.98. The Hall–Kier alpha value is -1.72. The second-order valence-electron chi connectivity index (χ2n) is 6.03. The predicted octanol–water partition coefficient (Wildman–Crippen LogP) is 3.47. The molecular weight excluding hydrogens is 306 g/mol. The van der Waals surface area contributed by atoms with Crippen LogP contribution in [0.4, 0.5) is 5.69 Å². The van der Waals surface area contributed by atoms with Gasteiger partial charge in [0, 0.05) is 48.7 Å². The normalized spacial score (nSPS) is 16.1. The minimum Gasteiger partial charge on any atom is -0.312 e. The molecule has 1 saturated heterocycles. The Balaban J connectivity index is 1.53. The van der Waals surface area contributed by atoms with Crippen LogP contribution in [-0.4, -0.2) is 24.0 Å². The summed E-state index contributed by atoms with van der Waals surface area (Å²) in [4.78, 5) is 19.3. The van der Waals surface area contributed by atoms with Crippen LogP contribution in [0.2, 0.25) is 0 Å². The van der Waals surface area contributed by atoms with Crippen molar-refractivity contribution in [1.29, 1.82) is 0 Å². The molecular formula is C18H23N3OS. The summed E-state index contributed by atoms with van der Waals surface area (Å²) < 4.78 is 0. The summed E-state index contributed by atoms with van der Waals surface area (Å²) in [6.07, 6.45) is 4.54. The molecule has 1 atom stereocenters. The van der Waals surface area contributed by atoms with Crippen LogP contribution in [-0.2, 0) is 11.2 Å². The van der Waals surface area contributed by atoms with Gasteiger partial charge in [-0.25, -0.2) is 4.98 Å². The van der Waals surface area contributed by atoms with Crippen molar-refractivity contribution in [2.24, 2.45) is 0 Å². The van der Waals surface area contributed by atoms with Gasteiger partial charge in [0.05, 0.1) is 5.01 Å². The number of rotatable bonds is 6. The third-order valence-electron chi connectivity index (χ3n) is 4.24. The van der Waals surface area contributed by atoms with Crippen LogP contribution < -0.4 is 10.2 Å². The largest absolute Gasteiger partial charge is 0.312 e. The van der Waals surface area contributed by atoms with Crippen LogP contribution in [0.1, 0.15) is 41.3 Å². The molecule has 1 aliphatic rings. The summed E-state index contributed by atoms with van der Waals surface area (Å²) in [5.74, 6) is 0.239. The fraction of sp³-hybridized carbons (Fsp3) is 0.444. The monoisotopic (exact) mass is 329 g/mol. The van der Waals surface area contributed by atoms with Gasteiger partial charge in [-0.2, -0.15) is 0 Å². The maximum absolute atomic E-state index is 11.8. The molecule has 2 aromatic rings. The van der Waals surface area contributed by atoms with E-state index in [0.29, 0.717) is 12.5 Å². The number of nitrogens with zero attached hydrogens (tertiary/aromatic N) is 2. The molecule has 1 fully saturated rings. The van der Waals surface area contributed by atoms with Crippen molar-refractivity contribution < 1.29 is 4.79 Å². The molecule has 1 N–H and O–H groups in total. The molecule has 1 aromatic carbocycles. The molecule has 4 nitrogen and oxygen atoms in total. The number of benzene rings is 1. The van der Waals surface area contributed by atoms with Crippen LogP contribution in [0.5, 0.6) is 0 Å². The molecule has 1 aliphatic heterocycles. The van der Waals surface area contributed by atoms with E-state index in [2.05, 4.69) is 48.4 Å². The van der Waals surface area contributed by atoms with Crippen LogP contribution in [0.15, 0.2) is 30.5 Å². The highest BCUT2D eigenvalue weighted by Crippen LogP contribution is 2.23. The zero-order valence-electron chi connectivity index (χ0n) is 13.7. The maximum atomic E-state index is 11.8. The number of thiazole rings is 1. The highest BCUT2D eigenvalue weighted by Gasteiger charge is 2.21. The first-order chi connectivity index (χ1) is 11.1. The first-order valence-electron chi connectivity index (χ1n) is 8.18. The molecule has 0 radical (unpaired) electrons. The first kappa shape index (κ1) is 16.1. The predicted molar refractivity (Wildman–Crippen MR) is 95.0 cm³/mol. The first-order valence-corrected chi connectivity index (χ1v) is 9.00. The van der Waals surface area contributed by atoms with Crippen molar-refractivity contribution >= 4 is 22.9 Å². The molecule has 0 bridgehead atoms. The number of hydrogen-bond donors (Lipinski definition) is 1. The maximum Gasteiger partial charge on any atom is 0.227 e. The number of nitrogens with one attached hydrogen (secondary N) is 1. The van der Waals surface area contributed by atoms with Crippen molar-refractivity contribution in [2.75, 3.05) is 18.0 Å². The quantitative estimate of drug-likeness (QED) is 0.882. The van der Waals surface area contributed by atoms with Crippen LogP contribution in [0.25, 0.3) is 0 Å². The highest BCUT2D eigenvalue weighted by atomic mass is 32.1. The third-order valence-corrected chi connectivity index (χ3v) is 5.21. The van der Waals surface area contributed by atoms with Gasteiger partial charge in [-0.1, -0.05) is 12.1 Å². The Kier molecular flexibility index (Phi) is 5.08. The molecule has 23 heavy (non-hydrogen) atoms. The Morgan fingerprint density at radius 2 is 2.13 bits per heavy atom. The highest BCUT2D eigenvalue weighted by molar-refractivity contribution is 7.11. The Morgan fingerprint density at radius 1 is 1.35 bits per heavy atom. The second kappa shape index (κ2) is 7.23. The van der Waals surface area contributed by atoms with Crippen molar-refractivity contribution in [1.82, 2.24) is 10.3 Å². The van der Waals surface area contributed by atoms with E-state index in [1.54, 1.807) is 11.3 Å². The van der Waals surface area contributed by atoms with Crippen molar-refractivity contribution in [3.05, 3.63) is 45.9 Å². The Bertz CT molecular complexity index is 665. The molecule has 1 aromatic heterocycles. The van der Waals surface area contributed by atoms with Crippen molar-refractivity contribution in [3.8, 4) is 0 Å². The lowest BCUT2D eigenvalue weighted by atomic mass is 10.1. The van der Waals surface area contributed by atoms with Gasteiger partial charge in [-0.3, -0.25) is 4.79 Å². The summed E-state index contributed by atoms with van der Waals surface area (Å²) in [6, 6.07) is 8.64. The van der Waals surface area contributed by atoms with E-state index < -0.39 is 0 Å². The number of aromatic nitrogens is 1. The van der Waals surface area contributed by atoms with E-state index in [0.717, 1.165) is 31.6 Å². The molecule has 3 rings (SSSR count). The standard InChI is InChI=1S/C18H23N3OS/c1-13-12-20-17(23-13)9-10-19-14(2)15-5-7-16(8-6-15)21-11-3-4-18(21)22/h5-8,12,14,19H,3-4,9-11H2,1-2H3/t14-/m1/s1. The summed E-state index contributed by atoms with van der Waals surface area (Å²) in [6.45, 7) is 6.02. The number of amides is 1. The van der Waals surface area contributed by atoms with E-state index in [4.69, 9.17) is 0 Å². The van der Waals surface area contributed by atoms with E-state index in [-0.39, 0.29) is 5.91 Å². The number of aryl methyl sites for hydroxylation is 1. The zero-order valence-corrected chi connectivity index (χ0v) is 14.5. The Labute approximate surface area is 141 Å². The SMILES string of the molecule is Cc1cnc(CCN[C@H](C)c2ccc(N3CCCC3=O)cc2)s1. The second-order valence-corrected chi connectivity index (χ2v) is 7.35. The van der Waals surface area contributed by atoms with E-state index in [9.17, 15) is 4.79 Å². The van der Waals surface area contributed by atoms with Gasteiger partial charge in [0.15, 0.2) is 0 Å². The smallest absolute Gasteiger partial charge is 0.227 e. The molecule has 1 amide bonds. The number of carbonyl (C=O) groups excluding carboxylic acids is 1. The van der Waals surface area contributed by atoms with Crippen LogP contribution in [0.3, 0.4) is 0 Å². The topological polar surface area (TPSA) is 45.2 Å². The lowest BCUT2D eigenvalue weighted by molar-refractivity contribution is -0.117. The fourth-order valence-electron chi connectivity index (χ4n) is 2.89. The number of anilines is 1. The minimum absolute atomic E-state index is 0.239. The molecule has 0 unspecified atom stereocenters. The van der Waals surface area contributed by atoms with E-state index >= 15 is 0 Å². The van der Waals surface area contributed by atoms with Crippen LogP contribution in [0, 0.1) is 6.92 Å².